The number of rotatable bonds is 6. The maximum atomic E-state index is 12.1. The molecule has 0 aliphatic rings. The second-order valence-electron chi connectivity index (χ2n) is 5.09. The first-order valence-electron chi connectivity index (χ1n) is 7.25. The number of carbonyl (C=O) groups is 1. The summed E-state index contributed by atoms with van der Waals surface area (Å²) in [5.74, 6) is 0.177. The van der Waals surface area contributed by atoms with Crippen molar-refractivity contribution in [2.24, 2.45) is 0 Å². The first-order chi connectivity index (χ1) is 10.3. The molecule has 0 heterocycles. The summed E-state index contributed by atoms with van der Waals surface area (Å²) in [4.78, 5) is 13.8. The predicted molar refractivity (Wildman–Crippen MR) is 87.6 cm³/mol. The number of nitrogens with zero attached hydrogens (tertiary/aromatic N) is 1. The average Bonchev–Trinajstić information content (AvgIpc) is 2.53. The summed E-state index contributed by atoms with van der Waals surface area (Å²) in [5.41, 5.74) is 2.33. The van der Waals surface area contributed by atoms with Crippen LogP contribution in [0.25, 0.3) is 6.08 Å². The SMILES string of the molecule is CN(Cc1ccccc1)C(=O)CC/C=C/c1ccccc1. The van der Waals surface area contributed by atoms with Crippen molar-refractivity contribution in [3.8, 4) is 0 Å². The molecule has 0 spiro atoms. The second kappa shape index (κ2) is 8.05. The maximum Gasteiger partial charge on any atom is 0.222 e. The summed E-state index contributed by atoms with van der Waals surface area (Å²) >= 11 is 0. The normalized spacial score (nSPS) is 10.7. The lowest BCUT2D eigenvalue weighted by atomic mass is 10.1. The molecule has 108 valence electrons. The Kier molecular flexibility index (Phi) is 5.77. The highest BCUT2D eigenvalue weighted by molar-refractivity contribution is 5.76. The summed E-state index contributed by atoms with van der Waals surface area (Å²) in [5, 5.41) is 0. The lowest BCUT2D eigenvalue weighted by Crippen LogP contribution is -2.25. The molecule has 0 unspecified atom stereocenters. The molecular formula is C19H21NO. The van der Waals surface area contributed by atoms with Gasteiger partial charge in [0.25, 0.3) is 0 Å². The zero-order valence-corrected chi connectivity index (χ0v) is 12.4. The molecule has 0 aliphatic carbocycles. The molecule has 1 amide bonds. The van der Waals surface area contributed by atoms with E-state index in [0.717, 1.165) is 12.0 Å². The number of benzene rings is 2. The summed E-state index contributed by atoms with van der Waals surface area (Å²) in [6, 6.07) is 20.2. The van der Waals surface area contributed by atoms with Gasteiger partial charge in [0.05, 0.1) is 0 Å². The van der Waals surface area contributed by atoms with Gasteiger partial charge in [-0.05, 0) is 17.5 Å². The fourth-order valence-electron chi connectivity index (χ4n) is 2.13. The van der Waals surface area contributed by atoms with Crippen LogP contribution in [0.1, 0.15) is 24.0 Å². The van der Waals surface area contributed by atoms with Gasteiger partial charge in [-0.15, -0.1) is 0 Å². The number of hydrogen-bond donors (Lipinski definition) is 0. The predicted octanol–water partition coefficient (Wildman–Crippen LogP) is 4.14. The van der Waals surface area contributed by atoms with Crippen LogP contribution >= 0.6 is 0 Å². The van der Waals surface area contributed by atoms with Crippen molar-refractivity contribution in [3.05, 3.63) is 77.9 Å². The minimum atomic E-state index is 0.177. The Morgan fingerprint density at radius 2 is 1.62 bits per heavy atom. The van der Waals surface area contributed by atoms with Crippen LogP contribution in [0.2, 0.25) is 0 Å². The third-order valence-electron chi connectivity index (χ3n) is 3.32. The molecule has 0 radical (unpaired) electrons. The topological polar surface area (TPSA) is 20.3 Å². The molecule has 0 bridgehead atoms. The van der Waals surface area contributed by atoms with Gasteiger partial charge in [-0.3, -0.25) is 4.79 Å². The third kappa shape index (κ3) is 5.27. The first-order valence-corrected chi connectivity index (χ1v) is 7.25. The molecule has 0 aromatic heterocycles. The smallest absolute Gasteiger partial charge is 0.222 e. The molecule has 0 saturated carbocycles. The van der Waals surface area contributed by atoms with Gasteiger partial charge in [-0.2, -0.15) is 0 Å². The van der Waals surface area contributed by atoms with E-state index in [4.69, 9.17) is 0 Å². The average molecular weight is 279 g/mol. The monoisotopic (exact) mass is 279 g/mol. The van der Waals surface area contributed by atoms with E-state index in [1.165, 1.54) is 5.56 Å². The molecule has 0 saturated heterocycles. The van der Waals surface area contributed by atoms with E-state index in [2.05, 4.69) is 24.3 Å². The van der Waals surface area contributed by atoms with Crippen molar-refractivity contribution < 1.29 is 4.79 Å². The highest BCUT2D eigenvalue weighted by Crippen LogP contribution is 2.07. The third-order valence-corrected chi connectivity index (χ3v) is 3.32. The maximum absolute atomic E-state index is 12.1. The highest BCUT2D eigenvalue weighted by atomic mass is 16.2. The lowest BCUT2D eigenvalue weighted by Gasteiger charge is -2.16. The standard InChI is InChI=1S/C19H21NO/c1-20(16-18-13-6-3-7-14-18)19(21)15-9-8-12-17-10-4-2-5-11-17/h2-8,10-14H,9,15-16H2,1H3/b12-8+. The van der Waals surface area contributed by atoms with Crippen molar-refractivity contribution in [2.45, 2.75) is 19.4 Å². The minimum Gasteiger partial charge on any atom is -0.341 e. The molecule has 0 atom stereocenters. The fraction of sp³-hybridized carbons (Fsp3) is 0.211. The molecule has 0 N–H and O–H groups in total. The van der Waals surface area contributed by atoms with Gasteiger partial charge < -0.3 is 4.90 Å². The van der Waals surface area contributed by atoms with E-state index in [1.54, 1.807) is 4.90 Å². The van der Waals surface area contributed by atoms with Crippen LogP contribution in [-0.2, 0) is 11.3 Å². The molecule has 0 aliphatic heterocycles. The van der Waals surface area contributed by atoms with E-state index >= 15 is 0 Å². The number of allylic oxidation sites excluding steroid dienone is 1. The van der Waals surface area contributed by atoms with Crippen LogP contribution < -0.4 is 0 Å². The molecular weight excluding hydrogens is 258 g/mol. The van der Waals surface area contributed by atoms with E-state index < -0.39 is 0 Å². The Morgan fingerprint density at radius 3 is 2.29 bits per heavy atom. The van der Waals surface area contributed by atoms with Gasteiger partial charge in [-0.1, -0.05) is 72.8 Å². The zero-order chi connectivity index (χ0) is 14.9. The van der Waals surface area contributed by atoms with E-state index in [1.807, 2.05) is 55.6 Å². The Hall–Kier alpha value is -2.35. The summed E-state index contributed by atoms with van der Waals surface area (Å²) in [7, 11) is 1.86. The molecule has 2 aromatic carbocycles. The van der Waals surface area contributed by atoms with E-state index in [0.29, 0.717) is 13.0 Å². The minimum absolute atomic E-state index is 0.177. The van der Waals surface area contributed by atoms with Gasteiger partial charge in [0.1, 0.15) is 0 Å². The van der Waals surface area contributed by atoms with Gasteiger partial charge in [0.2, 0.25) is 5.91 Å². The van der Waals surface area contributed by atoms with Gasteiger partial charge >= 0.3 is 0 Å². The van der Waals surface area contributed by atoms with Gasteiger partial charge in [-0.25, -0.2) is 0 Å². The van der Waals surface area contributed by atoms with Gasteiger partial charge in [0, 0.05) is 20.0 Å². The first kappa shape index (κ1) is 15.0. The summed E-state index contributed by atoms with van der Waals surface area (Å²) in [6.07, 6.45) is 5.44. The fourth-order valence-corrected chi connectivity index (χ4v) is 2.13. The van der Waals surface area contributed by atoms with Crippen LogP contribution in [0, 0.1) is 0 Å². The second-order valence-corrected chi connectivity index (χ2v) is 5.09. The molecule has 2 rings (SSSR count). The van der Waals surface area contributed by atoms with Gasteiger partial charge in [0.15, 0.2) is 0 Å². The Labute approximate surface area is 126 Å². The molecule has 21 heavy (non-hydrogen) atoms. The molecule has 0 fully saturated rings. The zero-order valence-electron chi connectivity index (χ0n) is 12.4. The summed E-state index contributed by atoms with van der Waals surface area (Å²) in [6.45, 7) is 0.669. The van der Waals surface area contributed by atoms with Crippen molar-refractivity contribution in [1.82, 2.24) is 4.90 Å². The molecule has 2 nitrogen and oxygen atoms in total. The van der Waals surface area contributed by atoms with E-state index in [9.17, 15) is 4.79 Å². The number of hydrogen-bond acceptors (Lipinski definition) is 1. The Morgan fingerprint density at radius 1 is 1.00 bits per heavy atom. The quantitative estimate of drug-likeness (QED) is 0.778. The van der Waals surface area contributed by atoms with Crippen molar-refractivity contribution >= 4 is 12.0 Å². The molecule has 2 aromatic rings. The molecule has 2 heteroatoms. The van der Waals surface area contributed by atoms with Crippen LogP contribution in [0.3, 0.4) is 0 Å². The Balaban J connectivity index is 1.75. The van der Waals surface area contributed by atoms with Crippen molar-refractivity contribution in [2.75, 3.05) is 7.05 Å². The van der Waals surface area contributed by atoms with Crippen LogP contribution in [-0.4, -0.2) is 17.9 Å². The largest absolute Gasteiger partial charge is 0.341 e. The van der Waals surface area contributed by atoms with Crippen LogP contribution in [0.4, 0.5) is 0 Å². The highest BCUT2D eigenvalue weighted by Gasteiger charge is 2.07. The van der Waals surface area contributed by atoms with E-state index in [-0.39, 0.29) is 5.91 Å². The number of amides is 1. The van der Waals surface area contributed by atoms with Crippen LogP contribution in [0.5, 0.6) is 0 Å². The van der Waals surface area contributed by atoms with Crippen LogP contribution in [0.15, 0.2) is 66.7 Å². The lowest BCUT2D eigenvalue weighted by molar-refractivity contribution is -0.130. The summed E-state index contributed by atoms with van der Waals surface area (Å²) < 4.78 is 0. The van der Waals surface area contributed by atoms with Crippen molar-refractivity contribution in [3.63, 3.8) is 0 Å². The van der Waals surface area contributed by atoms with Crippen molar-refractivity contribution in [1.29, 1.82) is 0 Å². The Bertz CT molecular complexity index is 575. The number of carbonyl (C=O) groups excluding carboxylic acids is 1.